The van der Waals surface area contributed by atoms with E-state index in [1.807, 2.05) is 35.2 Å². The molecule has 3 rings (SSSR count). The molecule has 5 heteroatoms. The molecule has 1 aliphatic carbocycles. The molecule has 0 aromatic heterocycles. The van der Waals surface area contributed by atoms with Crippen molar-refractivity contribution in [3.8, 4) is 0 Å². The number of piperidine rings is 1. The Bertz CT molecular complexity index is 454. The minimum absolute atomic E-state index is 0.151. The van der Waals surface area contributed by atoms with E-state index in [0.29, 0.717) is 13.0 Å². The maximum Gasteiger partial charge on any atom is 0.0957 e. The molecule has 2 bridgehead atoms. The summed E-state index contributed by atoms with van der Waals surface area (Å²) in [7, 11) is 0. The van der Waals surface area contributed by atoms with E-state index in [9.17, 15) is 20.4 Å². The van der Waals surface area contributed by atoms with Crippen molar-refractivity contribution in [2.75, 3.05) is 6.61 Å². The molecule has 1 aromatic rings. The first-order valence-electron chi connectivity index (χ1n) is 7.08. The third-order valence-electron chi connectivity index (χ3n) is 4.73. The smallest absolute Gasteiger partial charge is 0.0957 e. The maximum absolute atomic E-state index is 10.1. The molecular formula is C15H21NO4. The van der Waals surface area contributed by atoms with Crippen LogP contribution in [0.1, 0.15) is 12.0 Å². The molecule has 0 amide bonds. The Labute approximate surface area is 118 Å². The van der Waals surface area contributed by atoms with E-state index in [0.717, 1.165) is 5.56 Å². The predicted molar refractivity (Wildman–Crippen MR) is 72.8 cm³/mol. The lowest BCUT2D eigenvalue weighted by atomic mass is 9.90. The van der Waals surface area contributed by atoms with E-state index in [2.05, 4.69) is 0 Å². The first kappa shape index (κ1) is 14.0. The van der Waals surface area contributed by atoms with Crippen LogP contribution in [-0.2, 0) is 6.54 Å². The van der Waals surface area contributed by atoms with E-state index in [1.54, 1.807) is 0 Å². The standard InChI is InChI=1S/C15H21NO4/c17-8-12(18)13-10-6-11(15(20)14(10)19)16(13)7-9-4-2-1-3-5-9/h1-5,10-15,17-20H,6-8H2/t10-,11-,12-,13-,14-,15+/m1/s1. The first-order valence-corrected chi connectivity index (χ1v) is 7.08. The summed E-state index contributed by atoms with van der Waals surface area (Å²) in [6, 6.07) is 9.39. The van der Waals surface area contributed by atoms with E-state index in [4.69, 9.17) is 0 Å². The summed E-state index contributed by atoms with van der Waals surface area (Å²) in [4.78, 5) is 2.03. The summed E-state index contributed by atoms with van der Waals surface area (Å²) in [5.41, 5.74) is 1.09. The molecule has 110 valence electrons. The van der Waals surface area contributed by atoms with Gasteiger partial charge < -0.3 is 20.4 Å². The lowest BCUT2D eigenvalue weighted by Crippen LogP contribution is -2.57. The molecule has 5 nitrogen and oxygen atoms in total. The largest absolute Gasteiger partial charge is 0.394 e. The van der Waals surface area contributed by atoms with Crippen LogP contribution in [0, 0.1) is 5.92 Å². The van der Waals surface area contributed by atoms with Gasteiger partial charge in [0.25, 0.3) is 0 Å². The summed E-state index contributed by atoms with van der Waals surface area (Å²) in [5, 5.41) is 39.4. The lowest BCUT2D eigenvalue weighted by Gasteiger charge is -2.41. The van der Waals surface area contributed by atoms with E-state index < -0.39 is 18.3 Å². The molecule has 1 aliphatic heterocycles. The Kier molecular flexibility index (Phi) is 3.79. The Hall–Kier alpha value is -0.980. The van der Waals surface area contributed by atoms with Crippen LogP contribution in [0.15, 0.2) is 30.3 Å². The van der Waals surface area contributed by atoms with Crippen molar-refractivity contribution in [2.24, 2.45) is 5.92 Å². The molecule has 1 heterocycles. The third-order valence-corrected chi connectivity index (χ3v) is 4.73. The summed E-state index contributed by atoms with van der Waals surface area (Å²) in [6.45, 7) is 0.273. The van der Waals surface area contributed by atoms with E-state index in [1.165, 1.54) is 0 Å². The van der Waals surface area contributed by atoms with Crippen molar-refractivity contribution in [3.63, 3.8) is 0 Å². The molecule has 1 saturated carbocycles. The zero-order valence-corrected chi connectivity index (χ0v) is 11.2. The van der Waals surface area contributed by atoms with Crippen molar-refractivity contribution >= 4 is 0 Å². The fraction of sp³-hybridized carbons (Fsp3) is 0.600. The zero-order valence-electron chi connectivity index (χ0n) is 11.2. The van der Waals surface area contributed by atoms with Crippen molar-refractivity contribution in [1.82, 2.24) is 4.90 Å². The van der Waals surface area contributed by atoms with Gasteiger partial charge in [0.2, 0.25) is 0 Å². The highest BCUT2D eigenvalue weighted by Gasteiger charge is 2.57. The summed E-state index contributed by atoms with van der Waals surface area (Å²) < 4.78 is 0. The van der Waals surface area contributed by atoms with Gasteiger partial charge in [-0.1, -0.05) is 30.3 Å². The second-order valence-corrected chi connectivity index (χ2v) is 5.85. The second kappa shape index (κ2) is 5.42. The SMILES string of the molecule is OC[C@@H](O)[C@H]1[C@H]2C[C@H]([C@H](O)[C@@H]2O)N1Cc1ccccc1. The van der Waals surface area contributed by atoms with Gasteiger partial charge in [0.15, 0.2) is 0 Å². The molecule has 4 N–H and O–H groups in total. The molecular weight excluding hydrogens is 258 g/mol. The van der Waals surface area contributed by atoms with Gasteiger partial charge in [0.1, 0.15) is 0 Å². The average Bonchev–Trinajstić information content (AvgIpc) is 2.97. The Morgan fingerprint density at radius 1 is 1.15 bits per heavy atom. The van der Waals surface area contributed by atoms with Gasteiger partial charge in [-0.05, 0) is 12.0 Å². The molecule has 0 spiro atoms. The minimum Gasteiger partial charge on any atom is -0.394 e. The Morgan fingerprint density at radius 2 is 1.85 bits per heavy atom. The van der Waals surface area contributed by atoms with Crippen LogP contribution < -0.4 is 0 Å². The zero-order chi connectivity index (χ0) is 14.3. The van der Waals surface area contributed by atoms with Crippen molar-refractivity contribution in [2.45, 2.75) is 43.4 Å². The van der Waals surface area contributed by atoms with Gasteiger partial charge in [-0.2, -0.15) is 0 Å². The van der Waals surface area contributed by atoms with Gasteiger partial charge in [-0.15, -0.1) is 0 Å². The molecule has 1 aromatic carbocycles. The van der Waals surface area contributed by atoms with E-state index >= 15 is 0 Å². The molecule has 1 saturated heterocycles. The fourth-order valence-corrected chi connectivity index (χ4v) is 3.81. The summed E-state index contributed by atoms with van der Waals surface area (Å²) in [5.74, 6) is -0.180. The molecule has 20 heavy (non-hydrogen) atoms. The highest BCUT2D eigenvalue weighted by Crippen LogP contribution is 2.44. The third kappa shape index (κ3) is 2.16. The number of likely N-dealkylation sites (tertiary alicyclic amines) is 1. The fourth-order valence-electron chi connectivity index (χ4n) is 3.81. The van der Waals surface area contributed by atoms with Gasteiger partial charge in [-0.25, -0.2) is 0 Å². The lowest BCUT2D eigenvalue weighted by molar-refractivity contribution is -0.104. The minimum atomic E-state index is -0.893. The van der Waals surface area contributed by atoms with Crippen LogP contribution in [0.2, 0.25) is 0 Å². The number of hydrogen-bond donors (Lipinski definition) is 4. The highest BCUT2D eigenvalue weighted by atomic mass is 16.3. The van der Waals surface area contributed by atoms with Crippen LogP contribution in [0.3, 0.4) is 0 Å². The number of benzene rings is 1. The van der Waals surface area contributed by atoms with Crippen molar-refractivity contribution in [3.05, 3.63) is 35.9 Å². The van der Waals surface area contributed by atoms with Crippen LogP contribution in [0.5, 0.6) is 0 Å². The van der Waals surface area contributed by atoms with Gasteiger partial charge >= 0.3 is 0 Å². The number of fused-ring (bicyclic) bond motifs is 2. The number of rotatable bonds is 4. The van der Waals surface area contributed by atoms with Gasteiger partial charge in [-0.3, -0.25) is 4.90 Å². The van der Waals surface area contributed by atoms with Gasteiger partial charge in [0, 0.05) is 24.5 Å². The first-order chi connectivity index (χ1) is 9.63. The second-order valence-electron chi connectivity index (χ2n) is 5.85. The number of hydrogen-bond acceptors (Lipinski definition) is 5. The summed E-state index contributed by atoms with van der Waals surface area (Å²) >= 11 is 0. The maximum atomic E-state index is 10.1. The van der Waals surface area contributed by atoms with E-state index in [-0.39, 0.29) is 24.6 Å². The molecule has 6 atom stereocenters. The van der Waals surface area contributed by atoms with Crippen molar-refractivity contribution < 1.29 is 20.4 Å². The number of aliphatic hydroxyl groups excluding tert-OH is 4. The van der Waals surface area contributed by atoms with Gasteiger partial charge in [0.05, 0.1) is 24.9 Å². The quantitative estimate of drug-likeness (QED) is 0.588. The predicted octanol–water partition coefficient (Wildman–Crippen LogP) is -0.666. The molecule has 0 radical (unpaired) electrons. The normalized spacial score (nSPS) is 38.3. The average molecular weight is 279 g/mol. The highest BCUT2D eigenvalue weighted by molar-refractivity contribution is 5.18. The van der Waals surface area contributed by atoms with Crippen LogP contribution in [0.25, 0.3) is 0 Å². The van der Waals surface area contributed by atoms with Crippen LogP contribution >= 0.6 is 0 Å². The number of nitrogens with zero attached hydrogens (tertiary/aromatic N) is 1. The topological polar surface area (TPSA) is 84.2 Å². The molecule has 2 aliphatic rings. The Morgan fingerprint density at radius 3 is 2.50 bits per heavy atom. The van der Waals surface area contributed by atoms with Crippen molar-refractivity contribution in [1.29, 1.82) is 0 Å². The molecule has 2 fully saturated rings. The molecule has 0 unspecified atom stereocenters. The number of aliphatic hydroxyl groups is 4. The Balaban J connectivity index is 1.84. The monoisotopic (exact) mass is 279 g/mol. The van der Waals surface area contributed by atoms with Crippen LogP contribution in [-0.4, -0.2) is 62.3 Å². The summed E-state index contributed by atoms with van der Waals surface area (Å²) in [6.07, 6.45) is -1.81. The van der Waals surface area contributed by atoms with Crippen LogP contribution in [0.4, 0.5) is 0 Å².